The van der Waals surface area contributed by atoms with E-state index in [4.69, 9.17) is 16.3 Å². The number of nitrogens with zero attached hydrogens (tertiary/aromatic N) is 1. The first kappa shape index (κ1) is 22.1. The van der Waals surface area contributed by atoms with Crippen molar-refractivity contribution in [2.45, 2.75) is 24.2 Å². The standard InChI is InChI=1S/C22H22ClNO5S/c1-22(2)17-7-5-6-8-19(17)24(3)20(22)11-14(25)13-29-21(26)16-12-15(30(4,27)28)9-10-18(16)23/h5-12H,13H2,1-4H3/b20-11-. The third-order valence-electron chi connectivity index (χ3n) is 5.17. The quantitative estimate of drug-likeness (QED) is 0.512. The molecule has 0 N–H and O–H groups in total. The number of fused-ring (bicyclic) bond motifs is 1. The first-order chi connectivity index (χ1) is 13.9. The van der Waals surface area contributed by atoms with E-state index in [-0.39, 0.29) is 26.7 Å². The van der Waals surface area contributed by atoms with Crippen LogP contribution in [0.2, 0.25) is 5.02 Å². The molecule has 0 saturated heterocycles. The van der Waals surface area contributed by atoms with E-state index in [1.807, 2.05) is 50.1 Å². The predicted octanol–water partition coefficient (Wildman–Crippen LogP) is 3.78. The molecule has 2 aromatic rings. The highest BCUT2D eigenvalue weighted by Gasteiger charge is 2.38. The monoisotopic (exact) mass is 447 g/mol. The molecule has 0 unspecified atom stereocenters. The number of likely N-dealkylation sites (N-methyl/N-ethyl adjacent to an activating group) is 1. The van der Waals surface area contributed by atoms with E-state index in [0.717, 1.165) is 29.3 Å². The highest BCUT2D eigenvalue weighted by atomic mass is 35.5. The summed E-state index contributed by atoms with van der Waals surface area (Å²) in [5.74, 6) is -1.25. The summed E-state index contributed by atoms with van der Waals surface area (Å²) in [5.41, 5.74) is 2.43. The van der Waals surface area contributed by atoms with E-state index >= 15 is 0 Å². The number of carbonyl (C=O) groups excluding carboxylic acids is 2. The number of ether oxygens (including phenoxy) is 1. The molecule has 6 nitrogen and oxygen atoms in total. The van der Waals surface area contributed by atoms with Crippen molar-refractivity contribution >= 4 is 38.9 Å². The molecule has 1 aliphatic heterocycles. The topological polar surface area (TPSA) is 80.8 Å². The molecule has 2 aromatic carbocycles. The summed E-state index contributed by atoms with van der Waals surface area (Å²) in [6.07, 6.45) is 2.50. The maximum Gasteiger partial charge on any atom is 0.340 e. The number of benzene rings is 2. The Morgan fingerprint density at radius 3 is 2.47 bits per heavy atom. The number of hydrogen-bond acceptors (Lipinski definition) is 6. The number of esters is 1. The molecule has 0 aromatic heterocycles. The fourth-order valence-electron chi connectivity index (χ4n) is 3.56. The van der Waals surface area contributed by atoms with Crippen LogP contribution in [-0.4, -0.2) is 40.1 Å². The zero-order valence-corrected chi connectivity index (χ0v) is 18.7. The Bertz CT molecular complexity index is 1170. The Balaban J connectivity index is 1.76. The predicted molar refractivity (Wildman–Crippen MR) is 116 cm³/mol. The Morgan fingerprint density at radius 1 is 1.17 bits per heavy atom. The van der Waals surface area contributed by atoms with E-state index < -0.39 is 22.4 Å². The van der Waals surface area contributed by atoms with Crippen molar-refractivity contribution in [2.24, 2.45) is 0 Å². The second kappa shape index (κ2) is 7.89. The Labute approximate surface area is 181 Å². The summed E-state index contributed by atoms with van der Waals surface area (Å²) in [5, 5.41) is 0.0466. The SMILES string of the molecule is CN1/C(=C\C(=O)COC(=O)c2cc(S(C)(=O)=O)ccc2Cl)C(C)(C)c2ccccc21. The lowest BCUT2D eigenvalue weighted by Gasteiger charge is -2.23. The molecule has 8 heteroatoms. The van der Waals surface area contributed by atoms with Crippen LogP contribution in [0.5, 0.6) is 0 Å². The maximum absolute atomic E-state index is 12.5. The molecule has 0 fully saturated rings. The third kappa shape index (κ3) is 4.13. The van der Waals surface area contributed by atoms with Crippen LogP contribution in [-0.2, 0) is 24.8 Å². The average molecular weight is 448 g/mol. The highest BCUT2D eigenvalue weighted by molar-refractivity contribution is 7.90. The first-order valence-corrected chi connectivity index (χ1v) is 11.4. The summed E-state index contributed by atoms with van der Waals surface area (Å²) >= 11 is 6.00. The Hall–Kier alpha value is -2.64. The molecule has 0 bridgehead atoms. The second-order valence-electron chi connectivity index (χ2n) is 7.69. The van der Waals surface area contributed by atoms with Crippen LogP contribution in [0.3, 0.4) is 0 Å². The van der Waals surface area contributed by atoms with Gasteiger partial charge in [-0.3, -0.25) is 4.79 Å². The second-order valence-corrected chi connectivity index (χ2v) is 10.1. The Kier molecular flexibility index (Phi) is 5.80. The van der Waals surface area contributed by atoms with Crippen molar-refractivity contribution in [1.29, 1.82) is 0 Å². The lowest BCUT2D eigenvalue weighted by molar-refractivity contribution is -0.117. The molecule has 1 aliphatic rings. The number of carbonyl (C=O) groups is 2. The molecule has 0 amide bonds. The normalized spacial score (nSPS) is 16.4. The van der Waals surface area contributed by atoms with Gasteiger partial charge in [0, 0.05) is 36.2 Å². The third-order valence-corrected chi connectivity index (χ3v) is 6.61. The molecule has 30 heavy (non-hydrogen) atoms. The summed E-state index contributed by atoms with van der Waals surface area (Å²) in [6.45, 7) is 3.57. The fraction of sp³-hybridized carbons (Fsp3) is 0.273. The molecule has 1 heterocycles. The van der Waals surface area contributed by atoms with Crippen LogP contribution in [0.4, 0.5) is 5.69 Å². The first-order valence-electron chi connectivity index (χ1n) is 9.18. The number of hydrogen-bond donors (Lipinski definition) is 0. The van der Waals surface area contributed by atoms with Crippen molar-refractivity contribution in [3.63, 3.8) is 0 Å². The molecule has 0 saturated carbocycles. The van der Waals surface area contributed by atoms with Crippen LogP contribution in [0.25, 0.3) is 0 Å². The van der Waals surface area contributed by atoms with Crippen LogP contribution in [0, 0.1) is 0 Å². The number of para-hydroxylation sites is 1. The summed E-state index contributed by atoms with van der Waals surface area (Å²) in [7, 11) is -1.63. The molecular weight excluding hydrogens is 426 g/mol. The minimum atomic E-state index is -3.52. The number of halogens is 1. The van der Waals surface area contributed by atoms with Crippen molar-refractivity contribution in [1.82, 2.24) is 0 Å². The summed E-state index contributed by atoms with van der Waals surface area (Å²) in [6, 6.07) is 11.7. The molecular formula is C22H22ClNO5S. The van der Waals surface area contributed by atoms with E-state index in [1.165, 1.54) is 18.2 Å². The van der Waals surface area contributed by atoms with Crippen LogP contribution in [0.15, 0.2) is 59.1 Å². The van der Waals surface area contributed by atoms with Gasteiger partial charge in [-0.25, -0.2) is 13.2 Å². The molecule has 0 atom stereocenters. The fourth-order valence-corrected chi connectivity index (χ4v) is 4.40. The van der Waals surface area contributed by atoms with Gasteiger partial charge >= 0.3 is 5.97 Å². The number of ketones is 1. The largest absolute Gasteiger partial charge is 0.454 e. The van der Waals surface area contributed by atoms with Crippen molar-refractivity contribution in [3.05, 3.63) is 70.4 Å². The van der Waals surface area contributed by atoms with Gasteiger partial charge in [0.2, 0.25) is 0 Å². The van der Waals surface area contributed by atoms with Gasteiger partial charge in [-0.1, -0.05) is 43.6 Å². The van der Waals surface area contributed by atoms with Crippen LogP contribution >= 0.6 is 11.6 Å². The Morgan fingerprint density at radius 2 is 1.83 bits per heavy atom. The number of rotatable bonds is 5. The average Bonchev–Trinajstić information content (AvgIpc) is 2.86. The minimum absolute atomic E-state index is 0.0466. The maximum atomic E-state index is 12.5. The smallest absolute Gasteiger partial charge is 0.340 e. The van der Waals surface area contributed by atoms with Gasteiger partial charge in [-0.15, -0.1) is 0 Å². The van der Waals surface area contributed by atoms with Crippen molar-refractivity contribution < 1.29 is 22.7 Å². The van der Waals surface area contributed by atoms with Crippen molar-refractivity contribution in [2.75, 3.05) is 24.8 Å². The van der Waals surface area contributed by atoms with Gasteiger partial charge in [0.05, 0.1) is 15.5 Å². The van der Waals surface area contributed by atoms with E-state index in [0.29, 0.717) is 0 Å². The van der Waals surface area contributed by atoms with E-state index in [2.05, 4.69) is 0 Å². The zero-order valence-electron chi connectivity index (χ0n) is 17.1. The number of sulfone groups is 1. The van der Waals surface area contributed by atoms with Gasteiger partial charge < -0.3 is 9.64 Å². The zero-order chi connectivity index (χ0) is 22.3. The molecule has 3 rings (SSSR count). The van der Waals surface area contributed by atoms with Gasteiger partial charge in [-0.05, 0) is 29.8 Å². The van der Waals surface area contributed by atoms with Gasteiger partial charge in [0.1, 0.15) is 0 Å². The molecule has 158 valence electrons. The number of allylic oxidation sites excluding steroid dienone is 1. The van der Waals surface area contributed by atoms with Crippen molar-refractivity contribution in [3.8, 4) is 0 Å². The van der Waals surface area contributed by atoms with Gasteiger partial charge in [-0.2, -0.15) is 0 Å². The minimum Gasteiger partial charge on any atom is -0.454 e. The van der Waals surface area contributed by atoms with E-state index in [1.54, 1.807) is 0 Å². The van der Waals surface area contributed by atoms with E-state index in [9.17, 15) is 18.0 Å². The lowest BCUT2D eigenvalue weighted by atomic mass is 9.83. The highest BCUT2D eigenvalue weighted by Crippen LogP contribution is 2.46. The molecule has 0 aliphatic carbocycles. The lowest BCUT2D eigenvalue weighted by Crippen LogP contribution is -2.25. The summed E-state index contributed by atoms with van der Waals surface area (Å²) < 4.78 is 28.5. The van der Waals surface area contributed by atoms with Crippen LogP contribution in [0.1, 0.15) is 29.8 Å². The van der Waals surface area contributed by atoms with Gasteiger partial charge in [0.15, 0.2) is 22.2 Å². The molecule has 0 spiro atoms. The van der Waals surface area contributed by atoms with Crippen LogP contribution < -0.4 is 4.90 Å². The summed E-state index contributed by atoms with van der Waals surface area (Å²) in [4.78, 5) is 26.8. The number of anilines is 1. The van der Waals surface area contributed by atoms with Gasteiger partial charge in [0.25, 0.3) is 0 Å². The molecule has 0 radical (unpaired) electrons.